The second-order valence-electron chi connectivity index (χ2n) is 4.91. The van der Waals surface area contributed by atoms with E-state index in [-0.39, 0.29) is 12.3 Å². The molecule has 0 aliphatic carbocycles. The maximum atomic E-state index is 12.0. The van der Waals surface area contributed by atoms with Crippen LogP contribution in [0.4, 0.5) is 0 Å². The standard InChI is InChI=1S/C15H14N2O7/c1-21-10-3-7-9(4-11(10)22-2)23-6-8-13(17-24-14(7)8)15(20)16-5-12(18)19/h3-4H,5-6H2,1-2H3,(H,16,20)(H,18,19). The number of carbonyl (C=O) groups excluding carboxylic acids is 1. The van der Waals surface area contributed by atoms with E-state index in [9.17, 15) is 9.59 Å². The van der Waals surface area contributed by atoms with Crippen LogP contribution in [0.15, 0.2) is 16.7 Å². The molecule has 1 aromatic heterocycles. The Balaban J connectivity index is 1.99. The van der Waals surface area contributed by atoms with Crippen molar-refractivity contribution in [3.63, 3.8) is 0 Å². The van der Waals surface area contributed by atoms with E-state index in [0.717, 1.165) is 0 Å². The quantitative estimate of drug-likeness (QED) is 0.833. The molecular weight excluding hydrogens is 320 g/mol. The summed E-state index contributed by atoms with van der Waals surface area (Å²) in [6.07, 6.45) is 0. The number of nitrogens with zero attached hydrogens (tertiary/aromatic N) is 1. The molecule has 126 valence electrons. The Kier molecular flexibility index (Phi) is 3.98. The fourth-order valence-corrected chi connectivity index (χ4v) is 2.38. The summed E-state index contributed by atoms with van der Waals surface area (Å²) in [4.78, 5) is 22.6. The molecule has 24 heavy (non-hydrogen) atoms. The summed E-state index contributed by atoms with van der Waals surface area (Å²) in [5, 5.41) is 14.6. The maximum absolute atomic E-state index is 12.0. The zero-order chi connectivity index (χ0) is 17.3. The number of carboxylic acids is 1. The Morgan fingerprint density at radius 2 is 2.00 bits per heavy atom. The molecule has 2 heterocycles. The summed E-state index contributed by atoms with van der Waals surface area (Å²) in [6, 6.07) is 3.32. The maximum Gasteiger partial charge on any atom is 0.322 e. The highest BCUT2D eigenvalue weighted by molar-refractivity contribution is 5.97. The molecule has 2 aromatic rings. The fourth-order valence-electron chi connectivity index (χ4n) is 2.38. The van der Waals surface area contributed by atoms with Crippen LogP contribution in [-0.4, -0.2) is 42.9 Å². The molecule has 1 aromatic carbocycles. The molecule has 3 rings (SSSR count). The molecular formula is C15H14N2O7. The van der Waals surface area contributed by atoms with Gasteiger partial charge in [-0.2, -0.15) is 0 Å². The molecule has 1 amide bonds. The van der Waals surface area contributed by atoms with Gasteiger partial charge in [0.1, 0.15) is 18.9 Å². The summed E-state index contributed by atoms with van der Waals surface area (Å²) in [5.41, 5.74) is 1.00. The topological polar surface area (TPSA) is 120 Å². The Morgan fingerprint density at radius 3 is 2.67 bits per heavy atom. The lowest BCUT2D eigenvalue weighted by Gasteiger charge is -2.18. The van der Waals surface area contributed by atoms with Gasteiger partial charge < -0.3 is 29.2 Å². The molecule has 0 saturated heterocycles. The SMILES string of the molecule is COc1cc2c(cc1OC)-c1onc(C(=O)NCC(=O)O)c1CO2. The molecule has 0 fully saturated rings. The molecule has 9 nitrogen and oxygen atoms in total. The van der Waals surface area contributed by atoms with Crippen molar-refractivity contribution in [1.29, 1.82) is 0 Å². The van der Waals surface area contributed by atoms with Gasteiger partial charge in [-0.05, 0) is 6.07 Å². The Bertz CT molecular complexity index is 812. The van der Waals surface area contributed by atoms with Crippen LogP contribution < -0.4 is 19.5 Å². The monoisotopic (exact) mass is 334 g/mol. The van der Waals surface area contributed by atoms with E-state index < -0.39 is 18.4 Å². The Hall–Kier alpha value is -3.23. The summed E-state index contributed by atoms with van der Waals surface area (Å²) in [7, 11) is 3.01. The zero-order valence-corrected chi connectivity index (χ0v) is 12.9. The Morgan fingerprint density at radius 1 is 1.29 bits per heavy atom. The summed E-state index contributed by atoms with van der Waals surface area (Å²) >= 11 is 0. The van der Waals surface area contributed by atoms with E-state index in [4.69, 9.17) is 23.8 Å². The molecule has 0 saturated carbocycles. The molecule has 2 N–H and O–H groups in total. The first-order valence-electron chi connectivity index (χ1n) is 6.93. The number of benzene rings is 1. The van der Waals surface area contributed by atoms with Crippen molar-refractivity contribution in [3.8, 4) is 28.6 Å². The van der Waals surface area contributed by atoms with E-state index in [0.29, 0.717) is 34.1 Å². The third kappa shape index (κ3) is 2.60. The van der Waals surface area contributed by atoms with Gasteiger partial charge in [-0.3, -0.25) is 9.59 Å². The highest BCUT2D eigenvalue weighted by Gasteiger charge is 2.30. The second-order valence-corrected chi connectivity index (χ2v) is 4.91. The number of amides is 1. The van der Waals surface area contributed by atoms with Crippen molar-refractivity contribution in [3.05, 3.63) is 23.4 Å². The van der Waals surface area contributed by atoms with Crippen LogP contribution in [0.2, 0.25) is 0 Å². The number of nitrogens with one attached hydrogen (secondary N) is 1. The number of hydrogen-bond acceptors (Lipinski definition) is 7. The van der Waals surface area contributed by atoms with E-state index in [2.05, 4.69) is 10.5 Å². The number of hydrogen-bond donors (Lipinski definition) is 2. The number of aromatic nitrogens is 1. The van der Waals surface area contributed by atoms with E-state index in [1.54, 1.807) is 12.1 Å². The number of rotatable bonds is 5. The zero-order valence-electron chi connectivity index (χ0n) is 12.9. The van der Waals surface area contributed by atoms with E-state index in [1.165, 1.54) is 14.2 Å². The lowest BCUT2D eigenvalue weighted by molar-refractivity contribution is -0.135. The van der Waals surface area contributed by atoms with Gasteiger partial charge in [0.05, 0.1) is 25.3 Å². The normalized spacial score (nSPS) is 11.8. The lowest BCUT2D eigenvalue weighted by Crippen LogP contribution is -2.30. The highest BCUT2D eigenvalue weighted by atomic mass is 16.5. The molecule has 0 unspecified atom stereocenters. The highest BCUT2D eigenvalue weighted by Crippen LogP contribution is 2.44. The number of fused-ring (bicyclic) bond motifs is 3. The minimum atomic E-state index is -1.15. The smallest absolute Gasteiger partial charge is 0.322 e. The molecule has 9 heteroatoms. The van der Waals surface area contributed by atoms with Gasteiger partial charge in [0.25, 0.3) is 5.91 Å². The molecule has 0 atom stereocenters. The first-order chi connectivity index (χ1) is 11.5. The van der Waals surface area contributed by atoms with Gasteiger partial charge in [0.15, 0.2) is 23.0 Å². The molecule has 0 radical (unpaired) electrons. The molecule has 0 spiro atoms. The van der Waals surface area contributed by atoms with Gasteiger partial charge in [0, 0.05) is 6.07 Å². The van der Waals surface area contributed by atoms with Gasteiger partial charge in [-0.1, -0.05) is 5.16 Å². The van der Waals surface area contributed by atoms with E-state index in [1.807, 2.05) is 0 Å². The van der Waals surface area contributed by atoms with Gasteiger partial charge in [0.2, 0.25) is 0 Å². The van der Waals surface area contributed by atoms with Crippen molar-refractivity contribution in [2.75, 3.05) is 20.8 Å². The van der Waals surface area contributed by atoms with Crippen LogP contribution in [0.5, 0.6) is 17.2 Å². The van der Waals surface area contributed by atoms with Gasteiger partial charge >= 0.3 is 5.97 Å². The average Bonchev–Trinajstić information content (AvgIpc) is 3.02. The first kappa shape index (κ1) is 15.7. The minimum absolute atomic E-state index is 0.00770. The lowest BCUT2D eigenvalue weighted by atomic mass is 10.0. The van der Waals surface area contributed by atoms with Crippen LogP contribution in [0, 0.1) is 0 Å². The predicted octanol–water partition coefficient (Wildman–Crippen LogP) is 1.07. The predicted molar refractivity (Wildman–Crippen MR) is 79.3 cm³/mol. The van der Waals surface area contributed by atoms with Gasteiger partial charge in [-0.15, -0.1) is 0 Å². The number of methoxy groups -OCH3 is 2. The summed E-state index contributed by atoms with van der Waals surface area (Å²) in [5.74, 6) is 0.0557. The number of carboxylic acid groups (broad SMARTS) is 1. The summed E-state index contributed by atoms with van der Waals surface area (Å²) in [6.45, 7) is -0.444. The molecule has 1 aliphatic heterocycles. The third-order valence-electron chi connectivity index (χ3n) is 3.51. The fraction of sp³-hybridized carbons (Fsp3) is 0.267. The van der Waals surface area contributed by atoms with Gasteiger partial charge in [-0.25, -0.2) is 0 Å². The van der Waals surface area contributed by atoms with Crippen molar-refractivity contribution in [2.45, 2.75) is 6.61 Å². The van der Waals surface area contributed by atoms with Crippen molar-refractivity contribution >= 4 is 11.9 Å². The number of carbonyl (C=O) groups is 2. The van der Waals surface area contributed by atoms with Crippen LogP contribution in [-0.2, 0) is 11.4 Å². The minimum Gasteiger partial charge on any atom is -0.493 e. The van der Waals surface area contributed by atoms with Crippen LogP contribution >= 0.6 is 0 Å². The number of ether oxygens (including phenoxy) is 3. The van der Waals surface area contributed by atoms with Crippen LogP contribution in [0.25, 0.3) is 11.3 Å². The third-order valence-corrected chi connectivity index (χ3v) is 3.51. The Labute approximate surface area is 136 Å². The van der Waals surface area contributed by atoms with Crippen molar-refractivity contribution in [2.24, 2.45) is 0 Å². The molecule has 1 aliphatic rings. The first-order valence-corrected chi connectivity index (χ1v) is 6.93. The van der Waals surface area contributed by atoms with E-state index >= 15 is 0 Å². The molecule has 0 bridgehead atoms. The second kappa shape index (κ2) is 6.11. The van der Waals surface area contributed by atoms with Crippen LogP contribution in [0.1, 0.15) is 16.1 Å². The van der Waals surface area contributed by atoms with Crippen molar-refractivity contribution < 1.29 is 33.4 Å². The largest absolute Gasteiger partial charge is 0.493 e. The van der Waals surface area contributed by atoms with Crippen molar-refractivity contribution in [1.82, 2.24) is 10.5 Å². The average molecular weight is 334 g/mol. The summed E-state index contributed by atoms with van der Waals surface area (Å²) < 4.78 is 21.4. The number of aliphatic carboxylic acids is 1. The van der Waals surface area contributed by atoms with Crippen LogP contribution in [0.3, 0.4) is 0 Å².